The maximum absolute atomic E-state index is 10.0. The standard InChI is InChI=1S/C7H15NO3/c1-5(2)6(9)3-8-4-7(10)11/h5-6,8-9H,3-4H2,1-2H3,(H,10,11). The maximum atomic E-state index is 10.0. The summed E-state index contributed by atoms with van der Waals surface area (Å²) in [6.07, 6.45) is -0.464. The average Bonchev–Trinajstić information content (AvgIpc) is 1.86. The van der Waals surface area contributed by atoms with Gasteiger partial charge in [0.05, 0.1) is 12.6 Å². The van der Waals surface area contributed by atoms with Crippen LogP contribution in [0.15, 0.2) is 0 Å². The van der Waals surface area contributed by atoms with E-state index in [0.717, 1.165) is 0 Å². The fourth-order valence-electron chi connectivity index (χ4n) is 0.563. The molecular weight excluding hydrogens is 146 g/mol. The second kappa shape index (κ2) is 5.09. The van der Waals surface area contributed by atoms with Crippen molar-refractivity contribution >= 4 is 5.97 Å². The molecule has 0 aromatic heterocycles. The second-order valence-electron chi connectivity index (χ2n) is 2.84. The Morgan fingerprint density at radius 1 is 1.55 bits per heavy atom. The van der Waals surface area contributed by atoms with E-state index in [-0.39, 0.29) is 12.5 Å². The van der Waals surface area contributed by atoms with Gasteiger partial charge in [-0.3, -0.25) is 4.79 Å². The number of rotatable bonds is 5. The maximum Gasteiger partial charge on any atom is 0.317 e. The summed E-state index contributed by atoms with van der Waals surface area (Å²) in [5.41, 5.74) is 0. The number of hydrogen-bond acceptors (Lipinski definition) is 3. The molecule has 4 heteroatoms. The highest BCUT2D eigenvalue weighted by molar-refractivity contribution is 5.68. The minimum Gasteiger partial charge on any atom is -0.480 e. The Balaban J connectivity index is 3.31. The normalized spacial score (nSPS) is 13.5. The van der Waals surface area contributed by atoms with E-state index >= 15 is 0 Å². The van der Waals surface area contributed by atoms with Gasteiger partial charge in [-0.15, -0.1) is 0 Å². The van der Waals surface area contributed by atoms with Gasteiger partial charge in [-0.05, 0) is 5.92 Å². The van der Waals surface area contributed by atoms with E-state index in [2.05, 4.69) is 5.32 Å². The van der Waals surface area contributed by atoms with Gasteiger partial charge in [0, 0.05) is 6.54 Å². The van der Waals surface area contributed by atoms with E-state index in [1.54, 1.807) is 0 Å². The van der Waals surface area contributed by atoms with Crippen molar-refractivity contribution in [2.75, 3.05) is 13.1 Å². The first-order chi connectivity index (χ1) is 5.04. The highest BCUT2D eigenvalue weighted by Gasteiger charge is 2.08. The fraction of sp³-hybridized carbons (Fsp3) is 0.857. The summed E-state index contributed by atoms with van der Waals surface area (Å²) in [6.45, 7) is 4.01. The summed E-state index contributed by atoms with van der Waals surface area (Å²) < 4.78 is 0. The molecule has 0 aromatic carbocycles. The molecule has 4 nitrogen and oxygen atoms in total. The van der Waals surface area contributed by atoms with E-state index < -0.39 is 12.1 Å². The summed E-state index contributed by atoms with van der Waals surface area (Å²) in [5.74, 6) is -0.739. The minimum atomic E-state index is -0.902. The topological polar surface area (TPSA) is 69.6 Å². The number of hydrogen-bond donors (Lipinski definition) is 3. The Labute approximate surface area is 66.2 Å². The number of carboxylic acids is 1. The Morgan fingerprint density at radius 3 is 2.45 bits per heavy atom. The van der Waals surface area contributed by atoms with Crippen LogP contribution < -0.4 is 5.32 Å². The highest BCUT2D eigenvalue weighted by Crippen LogP contribution is 1.98. The zero-order valence-electron chi connectivity index (χ0n) is 6.87. The zero-order chi connectivity index (χ0) is 8.85. The summed E-state index contributed by atoms with van der Waals surface area (Å²) in [7, 11) is 0. The minimum absolute atomic E-state index is 0.0935. The quantitative estimate of drug-likeness (QED) is 0.516. The third-order valence-electron chi connectivity index (χ3n) is 1.40. The predicted octanol–water partition coefficient (Wildman–Crippen LogP) is -0.323. The van der Waals surface area contributed by atoms with Crippen molar-refractivity contribution in [3.05, 3.63) is 0 Å². The van der Waals surface area contributed by atoms with Crippen LogP contribution in [-0.4, -0.2) is 35.4 Å². The summed E-state index contributed by atoms with van der Waals surface area (Å²) in [4.78, 5) is 10.0. The van der Waals surface area contributed by atoms with Gasteiger partial charge in [-0.2, -0.15) is 0 Å². The first kappa shape index (κ1) is 10.4. The van der Waals surface area contributed by atoms with Crippen LogP contribution in [0.25, 0.3) is 0 Å². The van der Waals surface area contributed by atoms with Crippen LogP contribution in [0.1, 0.15) is 13.8 Å². The lowest BCUT2D eigenvalue weighted by Crippen LogP contribution is -2.33. The van der Waals surface area contributed by atoms with Crippen LogP contribution in [0.5, 0.6) is 0 Å². The van der Waals surface area contributed by atoms with E-state index in [1.165, 1.54) is 0 Å². The molecule has 0 heterocycles. The average molecular weight is 161 g/mol. The molecule has 11 heavy (non-hydrogen) atoms. The molecule has 66 valence electrons. The van der Waals surface area contributed by atoms with E-state index in [9.17, 15) is 9.90 Å². The summed E-state index contributed by atoms with van der Waals surface area (Å²) in [6, 6.07) is 0. The molecule has 0 aliphatic rings. The molecule has 0 aromatic rings. The lowest BCUT2D eigenvalue weighted by atomic mass is 10.1. The molecule has 0 aliphatic carbocycles. The van der Waals surface area contributed by atoms with Crippen LogP contribution in [0.2, 0.25) is 0 Å². The molecule has 0 saturated carbocycles. The van der Waals surface area contributed by atoms with Crippen LogP contribution in [0.4, 0.5) is 0 Å². The van der Waals surface area contributed by atoms with E-state index in [4.69, 9.17) is 5.11 Å². The molecule has 1 unspecified atom stereocenters. The monoisotopic (exact) mass is 161 g/mol. The SMILES string of the molecule is CC(C)C(O)CNCC(=O)O. The smallest absolute Gasteiger partial charge is 0.317 e. The number of aliphatic hydroxyl groups is 1. The molecule has 0 amide bonds. The number of aliphatic carboxylic acids is 1. The Hall–Kier alpha value is -0.610. The third kappa shape index (κ3) is 5.82. The van der Waals surface area contributed by atoms with Crippen molar-refractivity contribution in [3.8, 4) is 0 Å². The number of carboxylic acid groups (broad SMARTS) is 1. The van der Waals surface area contributed by atoms with Crippen LogP contribution in [-0.2, 0) is 4.79 Å². The first-order valence-electron chi connectivity index (χ1n) is 3.64. The Bertz CT molecular complexity index is 125. The van der Waals surface area contributed by atoms with Crippen LogP contribution >= 0.6 is 0 Å². The van der Waals surface area contributed by atoms with Crippen molar-refractivity contribution in [2.45, 2.75) is 20.0 Å². The predicted molar refractivity (Wildman–Crippen MR) is 41.4 cm³/mol. The van der Waals surface area contributed by atoms with Gasteiger partial charge >= 0.3 is 5.97 Å². The van der Waals surface area contributed by atoms with Gasteiger partial charge in [0.2, 0.25) is 0 Å². The third-order valence-corrected chi connectivity index (χ3v) is 1.40. The molecule has 0 radical (unpaired) electrons. The first-order valence-corrected chi connectivity index (χ1v) is 3.64. The van der Waals surface area contributed by atoms with Gasteiger partial charge < -0.3 is 15.5 Å². The van der Waals surface area contributed by atoms with Crippen LogP contribution in [0, 0.1) is 5.92 Å². The molecule has 0 aliphatic heterocycles. The molecule has 0 fully saturated rings. The number of aliphatic hydroxyl groups excluding tert-OH is 1. The van der Waals surface area contributed by atoms with Crippen molar-refractivity contribution in [2.24, 2.45) is 5.92 Å². The van der Waals surface area contributed by atoms with Gasteiger partial charge in [0.15, 0.2) is 0 Å². The molecule has 3 N–H and O–H groups in total. The molecule has 0 rings (SSSR count). The van der Waals surface area contributed by atoms with E-state index in [1.807, 2.05) is 13.8 Å². The molecule has 0 bridgehead atoms. The second-order valence-corrected chi connectivity index (χ2v) is 2.84. The molecule has 1 atom stereocenters. The lowest BCUT2D eigenvalue weighted by Gasteiger charge is -2.13. The number of carbonyl (C=O) groups is 1. The lowest BCUT2D eigenvalue weighted by molar-refractivity contribution is -0.136. The summed E-state index contributed by atoms with van der Waals surface area (Å²) >= 11 is 0. The molecule has 0 saturated heterocycles. The number of nitrogens with one attached hydrogen (secondary N) is 1. The van der Waals surface area contributed by atoms with Crippen molar-refractivity contribution in [1.29, 1.82) is 0 Å². The summed E-state index contributed by atoms with van der Waals surface area (Å²) in [5, 5.41) is 20.0. The van der Waals surface area contributed by atoms with Gasteiger partial charge in [0.1, 0.15) is 0 Å². The molecule has 0 spiro atoms. The largest absolute Gasteiger partial charge is 0.480 e. The molecular formula is C7H15NO3. The van der Waals surface area contributed by atoms with Crippen molar-refractivity contribution in [1.82, 2.24) is 5.32 Å². The zero-order valence-corrected chi connectivity index (χ0v) is 6.87. The Morgan fingerprint density at radius 2 is 2.09 bits per heavy atom. The van der Waals surface area contributed by atoms with Gasteiger partial charge in [-0.1, -0.05) is 13.8 Å². The van der Waals surface area contributed by atoms with Gasteiger partial charge in [0.25, 0.3) is 0 Å². The van der Waals surface area contributed by atoms with Gasteiger partial charge in [-0.25, -0.2) is 0 Å². The Kier molecular flexibility index (Phi) is 4.81. The van der Waals surface area contributed by atoms with Crippen molar-refractivity contribution in [3.63, 3.8) is 0 Å². The van der Waals surface area contributed by atoms with Crippen LogP contribution in [0.3, 0.4) is 0 Å². The van der Waals surface area contributed by atoms with Crippen molar-refractivity contribution < 1.29 is 15.0 Å². The van der Waals surface area contributed by atoms with E-state index in [0.29, 0.717) is 6.54 Å². The highest BCUT2D eigenvalue weighted by atomic mass is 16.4. The fourth-order valence-corrected chi connectivity index (χ4v) is 0.563.